The molecule has 1 aromatic rings. The van der Waals surface area contributed by atoms with Gasteiger partial charge >= 0.3 is 0 Å². The summed E-state index contributed by atoms with van der Waals surface area (Å²) in [5, 5.41) is 2.97. The number of carbonyl (C=O) groups is 1. The minimum atomic E-state index is -0.933. The van der Waals surface area contributed by atoms with Crippen LogP contribution >= 0.6 is 0 Å². The summed E-state index contributed by atoms with van der Waals surface area (Å²) in [7, 11) is 0. The van der Waals surface area contributed by atoms with Crippen molar-refractivity contribution in [1.82, 2.24) is 0 Å². The number of rotatable bonds is 3. The van der Waals surface area contributed by atoms with E-state index in [1.807, 2.05) is 20.8 Å². The normalized spacial score (nSPS) is 18.5. The Labute approximate surface area is 111 Å². The summed E-state index contributed by atoms with van der Waals surface area (Å²) in [5.41, 5.74) is 0.897. The fourth-order valence-corrected chi connectivity index (χ4v) is 2.26. The smallest absolute Gasteiger partial charge is 0.249 e. The SMILES string of the molecule is CCC1Nc2cc(F)c(F)cc2N(CC(C)C)C1=O. The van der Waals surface area contributed by atoms with E-state index in [9.17, 15) is 13.6 Å². The Morgan fingerprint density at radius 2 is 1.95 bits per heavy atom. The first kappa shape index (κ1) is 13.8. The van der Waals surface area contributed by atoms with Gasteiger partial charge in [-0.25, -0.2) is 8.78 Å². The van der Waals surface area contributed by atoms with Crippen molar-refractivity contribution in [2.75, 3.05) is 16.8 Å². The van der Waals surface area contributed by atoms with Crippen LogP contribution in [0, 0.1) is 17.6 Å². The topological polar surface area (TPSA) is 32.3 Å². The monoisotopic (exact) mass is 268 g/mol. The third-order valence-electron chi connectivity index (χ3n) is 3.18. The van der Waals surface area contributed by atoms with Gasteiger partial charge in [0.25, 0.3) is 0 Å². The fourth-order valence-electron chi connectivity index (χ4n) is 2.26. The van der Waals surface area contributed by atoms with Gasteiger partial charge in [-0.15, -0.1) is 0 Å². The van der Waals surface area contributed by atoms with Gasteiger partial charge in [0.1, 0.15) is 6.04 Å². The fraction of sp³-hybridized carbons (Fsp3) is 0.500. The average Bonchev–Trinajstić information content (AvgIpc) is 2.34. The third-order valence-corrected chi connectivity index (χ3v) is 3.18. The molecule has 0 spiro atoms. The molecule has 5 heteroatoms. The lowest BCUT2D eigenvalue weighted by Gasteiger charge is -2.36. The molecule has 1 aliphatic rings. The molecule has 3 nitrogen and oxygen atoms in total. The second kappa shape index (κ2) is 5.15. The zero-order valence-electron chi connectivity index (χ0n) is 11.3. The van der Waals surface area contributed by atoms with E-state index in [0.717, 1.165) is 12.1 Å². The maximum absolute atomic E-state index is 13.4. The summed E-state index contributed by atoms with van der Waals surface area (Å²) in [6.07, 6.45) is 0.603. The highest BCUT2D eigenvalue weighted by Gasteiger charge is 2.32. The predicted molar refractivity (Wildman–Crippen MR) is 71.3 cm³/mol. The minimum absolute atomic E-state index is 0.0882. The van der Waals surface area contributed by atoms with Gasteiger partial charge in [0.15, 0.2) is 11.6 Å². The quantitative estimate of drug-likeness (QED) is 0.913. The number of hydrogen-bond donors (Lipinski definition) is 1. The van der Waals surface area contributed by atoms with Crippen LogP contribution < -0.4 is 10.2 Å². The molecule has 1 aromatic carbocycles. The van der Waals surface area contributed by atoms with Gasteiger partial charge in [0.05, 0.1) is 11.4 Å². The Hall–Kier alpha value is -1.65. The number of benzene rings is 1. The highest BCUT2D eigenvalue weighted by Crippen LogP contribution is 2.34. The van der Waals surface area contributed by atoms with Gasteiger partial charge in [-0.3, -0.25) is 4.79 Å². The lowest BCUT2D eigenvalue weighted by molar-refractivity contribution is -0.119. The number of amides is 1. The Balaban J connectivity index is 2.48. The summed E-state index contributed by atoms with van der Waals surface area (Å²) in [6.45, 7) is 6.34. The third kappa shape index (κ3) is 2.55. The zero-order valence-corrected chi connectivity index (χ0v) is 11.3. The van der Waals surface area contributed by atoms with Gasteiger partial charge in [0.2, 0.25) is 5.91 Å². The largest absolute Gasteiger partial charge is 0.372 e. The second-order valence-corrected chi connectivity index (χ2v) is 5.23. The molecule has 2 rings (SSSR count). The number of halogens is 2. The second-order valence-electron chi connectivity index (χ2n) is 5.23. The molecule has 1 heterocycles. The van der Waals surface area contributed by atoms with Crippen LogP contribution in [0.1, 0.15) is 27.2 Å². The molecule has 1 amide bonds. The Bertz CT molecular complexity index is 502. The van der Waals surface area contributed by atoms with E-state index in [2.05, 4.69) is 5.32 Å². The highest BCUT2D eigenvalue weighted by molar-refractivity contribution is 6.04. The van der Waals surface area contributed by atoms with Gasteiger partial charge < -0.3 is 10.2 Å². The molecule has 1 unspecified atom stereocenters. The number of carbonyl (C=O) groups excluding carboxylic acids is 1. The molecule has 0 radical (unpaired) electrons. The molecule has 0 saturated heterocycles. The summed E-state index contributed by atoms with van der Waals surface area (Å²) in [6, 6.07) is 1.83. The van der Waals surface area contributed by atoms with Crippen LogP contribution in [0.5, 0.6) is 0 Å². The van der Waals surface area contributed by atoms with E-state index < -0.39 is 11.6 Å². The standard InChI is InChI=1S/C14H18F2N2O/c1-4-11-14(19)18(7-8(2)3)13-6-10(16)9(15)5-12(13)17-11/h5-6,8,11,17H,4,7H2,1-3H3. The molecular weight excluding hydrogens is 250 g/mol. The van der Waals surface area contributed by atoms with E-state index in [-0.39, 0.29) is 17.9 Å². The molecule has 0 bridgehead atoms. The first-order valence-corrected chi connectivity index (χ1v) is 6.51. The van der Waals surface area contributed by atoms with Crippen LogP contribution in [-0.4, -0.2) is 18.5 Å². The summed E-state index contributed by atoms with van der Waals surface area (Å²) in [4.78, 5) is 13.8. The first-order chi connectivity index (χ1) is 8.93. The lowest BCUT2D eigenvalue weighted by Crippen LogP contribution is -2.48. The Morgan fingerprint density at radius 3 is 2.53 bits per heavy atom. The predicted octanol–water partition coefficient (Wildman–Crippen LogP) is 3.16. The van der Waals surface area contributed by atoms with Crippen molar-refractivity contribution in [3.05, 3.63) is 23.8 Å². The number of anilines is 2. The van der Waals surface area contributed by atoms with E-state index in [1.165, 1.54) is 0 Å². The van der Waals surface area contributed by atoms with E-state index in [1.54, 1.807) is 4.90 Å². The number of nitrogens with one attached hydrogen (secondary N) is 1. The number of nitrogens with zero attached hydrogens (tertiary/aromatic N) is 1. The van der Waals surface area contributed by atoms with Crippen LogP contribution in [0.4, 0.5) is 20.2 Å². The molecule has 0 fully saturated rings. The maximum Gasteiger partial charge on any atom is 0.249 e. The van der Waals surface area contributed by atoms with Gasteiger partial charge in [-0.1, -0.05) is 20.8 Å². The van der Waals surface area contributed by atoms with Crippen LogP contribution in [-0.2, 0) is 4.79 Å². The van der Waals surface area contributed by atoms with E-state index in [0.29, 0.717) is 24.3 Å². The van der Waals surface area contributed by atoms with Crippen molar-refractivity contribution >= 4 is 17.3 Å². The highest BCUT2D eigenvalue weighted by atomic mass is 19.2. The summed E-state index contributed by atoms with van der Waals surface area (Å²) < 4.78 is 26.7. The first-order valence-electron chi connectivity index (χ1n) is 6.51. The molecule has 0 saturated carbocycles. The van der Waals surface area contributed by atoms with Crippen molar-refractivity contribution in [2.45, 2.75) is 33.2 Å². The Morgan fingerprint density at radius 1 is 1.32 bits per heavy atom. The minimum Gasteiger partial charge on any atom is -0.372 e. The molecular formula is C14H18F2N2O. The summed E-state index contributed by atoms with van der Waals surface area (Å²) >= 11 is 0. The van der Waals surface area contributed by atoms with Gasteiger partial charge in [-0.05, 0) is 12.3 Å². The van der Waals surface area contributed by atoms with Crippen LogP contribution in [0.25, 0.3) is 0 Å². The van der Waals surface area contributed by atoms with Gasteiger partial charge in [-0.2, -0.15) is 0 Å². The van der Waals surface area contributed by atoms with E-state index >= 15 is 0 Å². The maximum atomic E-state index is 13.4. The molecule has 104 valence electrons. The lowest BCUT2D eigenvalue weighted by atomic mass is 10.0. The summed E-state index contributed by atoms with van der Waals surface area (Å²) in [5.74, 6) is -1.67. The van der Waals surface area contributed by atoms with Crippen molar-refractivity contribution in [1.29, 1.82) is 0 Å². The average molecular weight is 268 g/mol. The molecule has 1 aliphatic heterocycles. The number of fused-ring (bicyclic) bond motifs is 1. The van der Waals surface area contributed by atoms with Crippen molar-refractivity contribution in [3.8, 4) is 0 Å². The van der Waals surface area contributed by atoms with E-state index in [4.69, 9.17) is 0 Å². The molecule has 1 atom stereocenters. The molecule has 19 heavy (non-hydrogen) atoms. The van der Waals surface area contributed by atoms with Crippen LogP contribution in [0.2, 0.25) is 0 Å². The van der Waals surface area contributed by atoms with Crippen LogP contribution in [0.3, 0.4) is 0 Å². The van der Waals surface area contributed by atoms with Crippen molar-refractivity contribution in [3.63, 3.8) is 0 Å². The molecule has 0 aliphatic carbocycles. The Kier molecular flexibility index (Phi) is 3.73. The van der Waals surface area contributed by atoms with Crippen molar-refractivity contribution in [2.24, 2.45) is 5.92 Å². The molecule has 0 aromatic heterocycles. The van der Waals surface area contributed by atoms with Crippen molar-refractivity contribution < 1.29 is 13.6 Å². The van der Waals surface area contributed by atoms with Crippen LogP contribution in [0.15, 0.2) is 12.1 Å². The number of hydrogen-bond acceptors (Lipinski definition) is 2. The zero-order chi connectivity index (χ0) is 14.2. The van der Waals surface area contributed by atoms with Gasteiger partial charge in [0, 0.05) is 18.7 Å². The molecule has 1 N–H and O–H groups in total.